The van der Waals surface area contributed by atoms with E-state index in [1.807, 2.05) is 35.5 Å². The van der Waals surface area contributed by atoms with E-state index < -0.39 is 0 Å². The van der Waals surface area contributed by atoms with Gasteiger partial charge in [0, 0.05) is 63.5 Å². The van der Waals surface area contributed by atoms with Crippen molar-refractivity contribution in [2.24, 2.45) is 0 Å². The Kier molecular flexibility index (Phi) is 6.01. The van der Waals surface area contributed by atoms with Crippen molar-refractivity contribution < 1.29 is 4.74 Å². The lowest BCUT2D eigenvalue weighted by Gasteiger charge is -2.56. The van der Waals surface area contributed by atoms with Crippen LogP contribution in [0, 0.1) is 11.3 Å². The molecule has 4 fully saturated rings. The molecule has 0 radical (unpaired) electrons. The molecule has 0 aliphatic carbocycles. The summed E-state index contributed by atoms with van der Waals surface area (Å²) in [5.74, 6) is 1.57. The summed E-state index contributed by atoms with van der Waals surface area (Å²) in [5, 5.41) is 14.1. The maximum absolute atomic E-state index is 9.64. The van der Waals surface area contributed by atoms with Crippen LogP contribution in [0.2, 0.25) is 0 Å². The normalized spacial score (nSPS) is 22.4. The number of pyridine rings is 1. The molecule has 5 aliphatic heterocycles. The summed E-state index contributed by atoms with van der Waals surface area (Å²) in [6.07, 6.45) is 15.8. The summed E-state index contributed by atoms with van der Waals surface area (Å²) in [6, 6.07) is 7.34. The monoisotopic (exact) mass is 521 g/mol. The van der Waals surface area contributed by atoms with Gasteiger partial charge in [0.15, 0.2) is 0 Å². The summed E-state index contributed by atoms with van der Waals surface area (Å²) in [5.41, 5.74) is 5.73. The minimum atomic E-state index is 0.509. The number of rotatable bonds is 6. The van der Waals surface area contributed by atoms with Gasteiger partial charge in [0.05, 0.1) is 54.5 Å². The number of fused-ring (bicyclic) bond motifs is 3. The van der Waals surface area contributed by atoms with Crippen LogP contribution in [0.3, 0.4) is 0 Å². The standard InChI is InChI=1S/C29H31N9O/c1-39-29-5-4-20(12-33-29)16-37-24-10-25(37)18-36(17-24)28-15-31-26(14-32-28)21-8-23(35-6-2-3-7-35)19-38-27(9-21)22(11-30)13-34-38/h4-5,8,12-15,19,24-25H,2-3,6-7,9-10,16-18H2,1H3. The van der Waals surface area contributed by atoms with E-state index in [0.717, 1.165) is 61.2 Å². The third-order valence-electron chi connectivity index (χ3n) is 8.43. The van der Waals surface area contributed by atoms with Crippen LogP contribution in [0.4, 0.5) is 5.82 Å². The lowest BCUT2D eigenvalue weighted by Crippen LogP contribution is -2.68. The zero-order chi connectivity index (χ0) is 26.3. The SMILES string of the molecule is COc1ccc(CN2C3CC2CN(c2cnc(C4=CC(N5CCCC5)=Cn5ncc(C#N)c5C4)cn2)C3)cn1. The van der Waals surface area contributed by atoms with Gasteiger partial charge in [-0.05, 0) is 36.5 Å². The van der Waals surface area contributed by atoms with E-state index in [2.05, 4.69) is 43.0 Å². The fourth-order valence-corrected chi connectivity index (χ4v) is 6.27. The van der Waals surface area contributed by atoms with Crippen molar-refractivity contribution >= 4 is 17.6 Å². The van der Waals surface area contributed by atoms with Crippen LogP contribution in [-0.2, 0) is 13.0 Å². The van der Waals surface area contributed by atoms with Gasteiger partial charge in [0.25, 0.3) is 0 Å². The van der Waals surface area contributed by atoms with E-state index in [-0.39, 0.29) is 0 Å². The number of nitrogens with zero attached hydrogens (tertiary/aromatic N) is 9. The highest BCUT2D eigenvalue weighted by Crippen LogP contribution is 2.36. The Morgan fingerprint density at radius 2 is 1.85 bits per heavy atom. The fourth-order valence-electron chi connectivity index (χ4n) is 6.27. The van der Waals surface area contributed by atoms with E-state index in [4.69, 9.17) is 14.7 Å². The number of likely N-dealkylation sites (tertiary alicyclic amines) is 1. The first-order valence-electron chi connectivity index (χ1n) is 13.6. The lowest BCUT2D eigenvalue weighted by atomic mass is 9.87. The number of ether oxygens (including phenoxy) is 1. The van der Waals surface area contributed by atoms with Gasteiger partial charge < -0.3 is 14.5 Å². The number of piperidine rings is 1. The smallest absolute Gasteiger partial charge is 0.212 e. The van der Waals surface area contributed by atoms with Crippen molar-refractivity contribution in [1.82, 2.24) is 34.5 Å². The van der Waals surface area contributed by atoms with Gasteiger partial charge in [-0.1, -0.05) is 6.07 Å². The van der Waals surface area contributed by atoms with Crippen molar-refractivity contribution in [1.29, 1.82) is 5.26 Å². The van der Waals surface area contributed by atoms with Gasteiger partial charge in [0.2, 0.25) is 5.88 Å². The molecule has 2 atom stereocenters. The van der Waals surface area contributed by atoms with Crippen LogP contribution in [-0.4, -0.2) is 79.9 Å². The second kappa shape index (κ2) is 9.82. The molecule has 0 amide bonds. The molecule has 0 N–H and O–H groups in total. The zero-order valence-electron chi connectivity index (χ0n) is 22.1. The number of piperazine rings is 1. The molecule has 3 aromatic rings. The highest BCUT2D eigenvalue weighted by Gasteiger charge is 2.44. The Morgan fingerprint density at radius 3 is 2.54 bits per heavy atom. The van der Waals surface area contributed by atoms with E-state index in [0.29, 0.717) is 29.9 Å². The van der Waals surface area contributed by atoms with Crippen LogP contribution in [0.1, 0.15) is 41.8 Å². The van der Waals surface area contributed by atoms with E-state index in [1.54, 1.807) is 13.3 Å². The molecular formula is C29H31N9O. The summed E-state index contributed by atoms with van der Waals surface area (Å²) in [4.78, 5) is 21.4. The molecule has 198 valence electrons. The minimum absolute atomic E-state index is 0.509. The van der Waals surface area contributed by atoms with Crippen molar-refractivity contribution in [2.75, 3.05) is 38.2 Å². The molecule has 5 aliphatic rings. The van der Waals surface area contributed by atoms with E-state index >= 15 is 0 Å². The van der Waals surface area contributed by atoms with Crippen LogP contribution in [0.15, 0.2) is 48.7 Å². The van der Waals surface area contributed by atoms with Gasteiger partial charge >= 0.3 is 0 Å². The molecule has 39 heavy (non-hydrogen) atoms. The largest absolute Gasteiger partial charge is 0.481 e. The van der Waals surface area contributed by atoms with E-state index in [1.165, 1.54) is 24.8 Å². The number of hydrogen-bond donors (Lipinski definition) is 0. The van der Waals surface area contributed by atoms with Gasteiger partial charge in [-0.25, -0.2) is 14.6 Å². The molecule has 10 nitrogen and oxygen atoms in total. The van der Waals surface area contributed by atoms with E-state index in [9.17, 15) is 5.26 Å². The third kappa shape index (κ3) is 4.42. The average Bonchev–Trinajstić information content (AvgIpc) is 3.62. The van der Waals surface area contributed by atoms with Gasteiger partial charge in [-0.2, -0.15) is 10.4 Å². The summed E-state index contributed by atoms with van der Waals surface area (Å²) >= 11 is 0. The second-order valence-electron chi connectivity index (χ2n) is 10.7. The predicted molar refractivity (Wildman–Crippen MR) is 146 cm³/mol. The van der Waals surface area contributed by atoms with Crippen molar-refractivity contribution in [3.05, 3.63) is 71.2 Å². The fraction of sp³-hybridized carbons (Fsp3) is 0.414. The van der Waals surface area contributed by atoms with Gasteiger partial charge in [-0.15, -0.1) is 0 Å². The number of allylic oxidation sites excluding steroid dienone is 2. The molecule has 2 bridgehead atoms. The first-order chi connectivity index (χ1) is 19.2. The van der Waals surface area contributed by atoms with Gasteiger partial charge in [0.1, 0.15) is 11.9 Å². The average molecular weight is 522 g/mol. The molecule has 8 rings (SSSR count). The number of anilines is 1. The Morgan fingerprint density at radius 1 is 1.00 bits per heavy atom. The molecule has 0 saturated carbocycles. The molecule has 4 saturated heterocycles. The topological polar surface area (TPSA) is 99.2 Å². The van der Waals surface area contributed by atoms with Gasteiger partial charge in [-0.3, -0.25) is 9.88 Å². The Hall–Kier alpha value is -4.23. The highest BCUT2D eigenvalue weighted by atomic mass is 16.5. The molecule has 10 heteroatoms. The van der Waals surface area contributed by atoms with Crippen molar-refractivity contribution in [3.63, 3.8) is 0 Å². The number of aromatic nitrogens is 5. The lowest BCUT2D eigenvalue weighted by molar-refractivity contribution is -0.00879. The molecule has 2 unspecified atom stereocenters. The quantitative estimate of drug-likeness (QED) is 0.485. The predicted octanol–water partition coefficient (Wildman–Crippen LogP) is 2.95. The molecular weight excluding hydrogens is 490 g/mol. The highest BCUT2D eigenvalue weighted by molar-refractivity contribution is 5.71. The maximum Gasteiger partial charge on any atom is 0.212 e. The molecule has 3 aromatic heterocycles. The minimum Gasteiger partial charge on any atom is -0.481 e. The Bertz CT molecular complexity index is 1450. The number of hydrogen-bond acceptors (Lipinski definition) is 9. The first kappa shape index (κ1) is 23.9. The van der Waals surface area contributed by atoms with Crippen LogP contribution in [0.25, 0.3) is 11.8 Å². The summed E-state index contributed by atoms with van der Waals surface area (Å²) in [7, 11) is 1.64. The second-order valence-corrected chi connectivity index (χ2v) is 10.7. The molecule has 0 aromatic carbocycles. The van der Waals surface area contributed by atoms with Crippen molar-refractivity contribution in [3.8, 4) is 11.9 Å². The summed E-state index contributed by atoms with van der Waals surface area (Å²) in [6.45, 7) is 4.87. The molecule has 8 heterocycles. The Balaban J connectivity index is 1.07. The van der Waals surface area contributed by atoms with Crippen molar-refractivity contribution in [2.45, 2.75) is 44.3 Å². The van der Waals surface area contributed by atoms with Crippen LogP contribution < -0.4 is 9.64 Å². The first-order valence-corrected chi connectivity index (χ1v) is 13.6. The van der Waals surface area contributed by atoms with Crippen LogP contribution in [0.5, 0.6) is 5.88 Å². The Labute approximate surface area is 227 Å². The number of nitriles is 1. The van der Waals surface area contributed by atoms with Crippen LogP contribution >= 0.6 is 0 Å². The number of methoxy groups -OCH3 is 1. The zero-order valence-corrected chi connectivity index (χ0v) is 22.1. The summed E-state index contributed by atoms with van der Waals surface area (Å²) < 4.78 is 7.04. The molecule has 0 spiro atoms. The maximum atomic E-state index is 9.64. The third-order valence-corrected chi connectivity index (χ3v) is 8.43.